The van der Waals surface area contributed by atoms with Gasteiger partial charge in [0, 0.05) is 24.2 Å². The molecular formula is C26H30N2O7. The maximum atomic E-state index is 13.3. The Hall–Kier alpha value is -3.72. The highest BCUT2D eigenvalue weighted by molar-refractivity contribution is 6.46. The van der Waals surface area contributed by atoms with Gasteiger partial charge in [-0.2, -0.15) is 0 Å². The second kappa shape index (κ2) is 10.3. The third-order valence-electron chi connectivity index (χ3n) is 6.47. The summed E-state index contributed by atoms with van der Waals surface area (Å²) in [6.07, 6.45) is 0. The molecule has 0 saturated carbocycles. The number of ether oxygens (including phenoxy) is 4. The van der Waals surface area contributed by atoms with Crippen molar-refractivity contribution >= 4 is 17.4 Å². The predicted octanol–water partition coefficient (Wildman–Crippen LogP) is 3.20. The van der Waals surface area contributed by atoms with E-state index in [4.69, 9.17) is 18.9 Å². The summed E-state index contributed by atoms with van der Waals surface area (Å²) in [7, 11) is 3.06. The molecule has 1 fully saturated rings. The van der Waals surface area contributed by atoms with Crippen LogP contribution in [0.1, 0.15) is 31.0 Å². The van der Waals surface area contributed by atoms with Crippen LogP contribution in [0.3, 0.4) is 0 Å². The summed E-state index contributed by atoms with van der Waals surface area (Å²) in [6.45, 7) is 6.66. The summed E-state index contributed by atoms with van der Waals surface area (Å²) in [6, 6.07) is 9.22. The fourth-order valence-electron chi connectivity index (χ4n) is 4.48. The Labute approximate surface area is 204 Å². The first-order valence-corrected chi connectivity index (χ1v) is 11.6. The van der Waals surface area contributed by atoms with Crippen molar-refractivity contribution in [1.82, 2.24) is 9.80 Å². The van der Waals surface area contributed by atoms with Gasteiger partial charge in [0.2, 0.25) is 6.79 Å². The van der Waals surface area contributed by atoms with E-state index in [9.17, 15) is 14.7 Å². The van der Waals surface area contributed by atoms with Crippen LogP contribution in [-0.4, -0.2) is 73.8 Å². The van der Waals surface area contributed by atoms with Crippen LogP contribution in [0.4, 0.5) is 0 Å². The average molecular weight is 483 g/mol. The van der Waals surface area contributed by atoms with Crippen LogP contribution < -0.4 is 18.9 Å². The molecule has 2 aromatic carbocycles. The quantitative estimate of drug-likeness (QED) is 0.331. The van der Waals surface area contributed by atoms with Gasteiger partial charge >= 0.3 is 0 Å². The fraction of sp³-hybridized carbons (Fsp3) is 0.385. The van der Waals surface area contributed by atoms with Crippen LogP contribution in [0, 0.1) is 0 Å². The summed E-state index contributed by atoms with van der Waals surface area (Å²) >= 11 is 0. The molecule has 35 heavy (non-hydrogen) atoms. The standard InChI is InChI=1S/C26H30N2O7/c1-5-27(6-2)11-12-28-23(18-14-17(32-3)8-10-19(18)33-4)22(25(30)26(28)31)24(29)16-7-9-20-21(13-16)35-15-34-20/h7-10,13-14,23,29H,5-6,11-12,15H2,1-4H3/b24-22+. The largest absolute Gasteiger partial charge is 0.507 e. The second-order valence-electron chi connectivity index (χ2n) is 8.20. The molecule has 9 nitrogen and oxygen atoms in total. The lowest BCUT2D eigenvalue weighted by atomic mass is 9.94. The molecule has 1 saturated heterocycles. The number of carbonyl (C=O) groups excluding carboxylic acids is 2. The molecule has 2 aliphatic heterocycles. The Morgan fingerprint density at radius 2 is 1.80 bits per heavy atom. The molecule has 0 aromatic heterocycles. The molecular weight excluding hydrogens is 452 g/mol. The average Bonchev–Trinajstić information content (AvgIpc) is 3.46. The number of likely N-dealkylation sites (tertiary alicyclic amines) is 1. The van der Waals surface area contributed by atoms with E-state index in [-0.39, 0.29) is 18.1 Å². The highest BCUT2D eigenvalue weighted by Gasteiger charge is 2.47. The molecule has 2 heterocycles. The van der Waals surface area contributed by atoms with E-state index in [1.807, 2.05) is 13.8 Å². The zero-order valence-electron chi connectivity index (χ0n) is 20.4. The zero-order chi connectivity index (χ0) is 25.1. The molecule has 186 valence electrons. The summed E-state index contributed by atoms with van der Waals surface area (Å²) in [5, 5.41) is 11.4. The monoisotopic (exact) mass is 482 g/mol. The van der Waals surface area contributed by atoms with Gasteiger partial charge in [-0.15, -0.1) is 0 Å². The lowest BCUT2D eigenvalue weighted by Gasteiger charge is -2.29. The van der Waals surface area contributed by atoms with Gasteiger partial charge in [0.1, 0.15) is 17.3 Å². The third-order valence-corrected chi connectivity index (χ3v) is 6.47. The molecule has 2 aliphatic rings. The van der Waals surface area contributed by atoms with Gasteiger partial charge in [-0.1, -0.05) is 13.8 Å². The van der Waals surface area contributed by atoms with E-state index in [2.05, 4.69) is 4.90 Å². The molecule has 4 rings (SSSR count). The van der Waals surface area contributed by atoms with Crippen LogP contribution in [0.5, 0.6) is 23.0 Å². The Balaban J connectivity index is 1.86. The zero-order valence-corrected chi connectivity index (χ0v) is 20.4. The molecule has 1 amide bonds. The number of likely N-dealkylation sites (N-methyl/N-ethyl adjacent to an activating group) is 1. The number of methoxy groups -OCH3 is 2. The third kappa shape index (κ3) is 4.51. The maximum Gasteiger partial charge on any atom is 0.295 e. The number of benzene rings is 2. The fourth-order valence-corrected chi connectivity index (χ4v) is 4.48. The van der Waals surface area contributed by atoms with Crippen molar-refractivity contribution in [3.63, 3.8) is 0 Å². The van der Waals surface area contributed by atoms with Gasteiger partial charge in [-0.05, 0) is 49.5 Å². The van der Waals surface area contributed by atoms with Gasteiger partial charge in [0.25, 0.3) is 11.7 Å². The first kappa shape index (κ1) is 24.4. The number of fused-ring (bicyclic) bond motifs is 1. The molecule has 0 radical (unpaired) electrons. The minimum absolute atomic E-state index is 0.0139. The number of nitrogens with zero attached hydrogens (tertiary/aromatic N) is 2. The van der Waals surface area contributed by atoms with Gasteiger partial charge in [0.15, 0.2) is 11.5 Å². The van der Waals surface area contributed by atoms with Crippen LogP contribution in [0.25, 0.3) is 5.76 Å². The number of aliphatic hydroxyl groups excluding tert-OH is 1. The Kier molecular flexibility index (Phi) is 7.16. The van der Waals surface area contributed by atoms with E-state index in [0.29, 0.717) is 47.2 Å². The molecule has 0 aliphatic carbocycles. The smallest absolute Gasteiger partial charge is 0.295 e. The van der Waals surface area contributed by atoms with Crippen molar-refractivity contribution < 1.29 is 33.6 Å². The van der Waals surface area contributed by atoms with Gasteiger partial charge in [0.05, 0.1) is 25.8 Å². The molecule has 0 bridgehead atoms. The molecule has 2 aromatic rings. The van der Waals surface area contributed by atoms with Gasteiger partial charge in [-0.25, -0.2) is 0 Å². The number of Topliss-reactive ketones (excluding diaryl/α,β-unsaturated/α-hetero) is 1. The summed E-state index contributed by atoms with van der Waals surface area (Å²) in [4.78, 5) is 30.3. The van der Waals surface area contributed by atoms with Crippen molar-refractivity contribution in [1.29, 1.82) is 0 Å². The number of carbonyl (C=O) groups is 2. The molecule has 1 atom stereocenters. The van der Waals surface area contributed by atoms with Crippen molar-refractivity contribution in [2.75, 3.05) is 47.2 Å². The number of amides is 1. The predicted molar refractivity (Wildman–Crippen MR) is 129 cm³/mol. The molecule has 1 N–H and O–H groups in total. The van der Waals surface area contributed by atoms with Crippen LogP contribution in [0.2, 0.25) is 0 Å². The highest BCUT2D eigenvalue weighted by atomic mass is 16.7. The van der Waals surface area contributed by atoms with Crippen LogP contribution in [-0.2, 0) is 9.59 Å². The van der Waals surface area contributed by atoms with Crippen molar-refractivity contribution in [3.05, 3.63) is 53.1 Å². The van der Waals surface area contributed by atoms with E-state index in [0.717, 1.165) is 13.1 Å². The minimum Gasteiger partial charge on any atom is -0.507 e. The van der Waals surface area contributed by atoms with E-state index >= 15 is 0 Å². The SMILES string of the molecule is CCN(CC)CCN1C(=O)C(=O)/C(=C(/O)c2ccc3c(c2)OCO3)C1c1cc(OC)ccc1OC. The Bertz CT molecular complexity index is 1160. The van der Waals surface area contributed by atoms with Crippen molar-refractivity contribution in [2.45, 2.75) is 19.9 Å². The minimum atomic E-state index is -0.860. The Morgan fingerprint density at radius 1 is 1.06 bits per heavy atom. The van der Waals surface area contributed by atoms with Gasteiger partial charge in [-0.3, -0.25) is 9.59 Å². The van der Waals surface area contributed by atoms with Crippen LogP contribution in [0.15, 0.2) is 42.0 Å². The normalized spacial score (nSPS) is 18.4. The van der Waals surface area contributed by atoms with E-state index < -0.39 is 17.7 Å². The highest BCUT2D eigenvalue weighted by Crippen LogP contribution is 2.44. The molecule has 0 spiro atoms. The summed E-state index contributed by atoms with van der Waals surface area (Å²) in [5.74, 6) is 0.304. The summed E-state index contributed by atoms with van der Waals surface area (Å²) < 4.78 is 21.8. The first-order chi connectivity index (χ1) is 16.9. The number of rotatable bonds is 9. The summed E-state index contributed by atoms with van der Waals surface area (Å²) in [5.41, 5.74) is 0.885. The number of hydrogen-bond donors (Lipinski definition) is 1. The lowest BCUT2D eigenvalue weighted by Crippen LogP contribution is -2.38. The van der Waals surface area contributed by atoms with Crippen molar-refractivity contribution in [2.24, 2.45) is 0 Å². The number of aliphatic hydroxyl groups is 1. The topological polar surface area (TPSA) is 97.8 Å². The first-order valence-electron chi connectivity index (χ1n) is 11.6. The maximum absolute atomic E-state index is 13.3. The van der Waals surface area contributed by atoms with Crippen LogP contribution >= 0.6 is 0 Å². The second-order valence-corrected chi connectivity index (χ2v) is 8.20. The van der Waals surface area contributed by atoms with Gasteiger partial charge < -0.3 is 33.9 Å². The number of hydrogen-bond acceptors (Lipinski definition) is 8. The Morgan fingerprint density at radius 3 is 2.49 bits per heavy atom. The molecule has 9 heteroatoms. The van der Waals surface area contributed by atoms with E-state index in [1.54, 1.807) is 36.4 Å². The molecule has 1 unspecified atom stereocenters. The van der Waals surface area contributed by atoms with E-state index in [1.165, 1.54) is 19.1 Å². The number of ketones is 1. The van der Waals surface area contributed by atoms with Crippen molar-refractivity contribution in [3.8, 4) is 23.0 Å². The lowest BCUT2D eigenvalue weighted by molar-refractivity contribution is -0.140.